The van der Waals surface area contributed by atoms with Crippen LogP contribution in [0.15, 0.2) is 48.5 Å². The molecule has 7 heteroatoms. The second-order valence-corrected chi connectivity index (χ2v) is 6.87. The summed E-state index contributed by atoms with van der Waals surface area (Å²) < 4.78 is 0. The quantitative estimate of drug-likeness (QED) is 0.600. The van der Waals surface area contributed by atoms with Gasteiger partial charge >= 0.3 is 0 Å². The number of benzene rings is 2. The molecule has 6 nitrogen and oxygen atoms in total. The lowest BCUT2D eigenvalue weighted by Crippen LogP contribution is -2.47. The first kappa shape index (κ1) is 18.9. The van der Waals surface area contributed by atoms with Crippen LogP contribution in [0.1, 0.15) is 30.6 Å². The number of nitrogens with one attached hydrogen (secondary N) is 3. The Kier molecular flexibility index (Phi) is 5.76. The molecule has 0 unspecified atom stereocenters. The van der Waals surface area contributed by atoms with E-state index in [0.717, 1.165) is 17.5 Å². The predicted molar refractivity (Wildman–Crippen MR) is 107 cm³/mol. The average Bonchev–Trinajstić information content (AvgIpc) is 3.07. The van der Waals surface area contributed by atoms with E-state index in [2.05, 4.69) is 20.6 Å². The van der Waals surface area contributed by atoms with Gasteiger partial charge in [-0.15, -0.1) is 0 Å². The number of hydrogen-bond donors (Lipinski definition) is 3. The van der Waals surface area contributed by atoms with Crippen molar-refractivity contribution in [2.75, 3.05) is 5.32 Å². The Bertz CT molecular complexity index is 919. The minimum Gasteiger partial charge on any atom is -0.340 e. The van der Waals surface area contributed by atoms with Gasteiger partial charge in [-0.2, -0.15) is 0 Å². The molecule has 140 valence electrons. The molecule has 0 bridgehead atoms. The fraction of sp³-hybridized carbons (Fsp3) is 0.250. The maximum absolute atomic E-state index is 12.8. The topological polar surface area (TPSA) is 86.9 Å². The molecule has 2 atom stereocenters. The van der Waals surface area contributed by atoms with Crippen molar-refractivity contribution in [2.24, 2.45) is 5.92 Å². The molecule has 3 N–H and O–H groups in total. The first-order chi connectivity index (χ1) is 13.0. The molecule has 1 aromatic heterocycles. The van der Waals surface area contributed by atoms with Gasteiger partial charge in [0.15, 0.2) is 0 Å². The van der Waals surface area contributed by atoms with Crippen molar-refractivity contribution in [1.29, 1.82) is 0 Å². The molecule has 0 saturated carbocycles. The number of hydrogen-bond acceptors (Lipinski definition) is 3. The molecule has 1 heterocycles. The van der Waals surface area contributed by atoms with E-state index in [9.17, 15) is 9.59 Å². The molecule has 0 saturated heterocycles. The van der Waals surface area contributed by atoms with E-state index in [1.54, 1.807) is 24.3 Å². The predicted octanol–water partition coefficient (Wildman–Crippen LogP) is 4.00. The number of aromatic nitrogens is 2. The number of para-hydroxylation sites is 2. The van der Waals surface area contributed by atoms with Crippen LogP contribution in [0.25, 0.3) is 11.0 Å². The summed E-state index contributed by atoms with van der Waals surface area (Å²) in [6.07, 6.45) is 0.735. The van der Waals surface area contributed by atoms with Gasteiger partial charge in [0.05, 0.1) is 11.0 Å². The number of carbonyl (C=O) groups is 2. The first-order valence-electron chi connectivity index (χ1n) is 8.80. The normalized spacial score (nSPS) is 13.1. The summed E-state index contributed by atoms with van der Waals surface area (Å²) in [7, 11) is 0. The summed E-state index contributed by atoms with van der Waals surface area (Å²) >= 11 is 5.86. The van der Waals surface area contributed by atoms with E-state index in [0.29, 0.717) is 16.5 Å². The van der Waals surface area contributed by atoms with Crippen molar-refractivity contribution in [3.05, 3.63) is 59.1 Å². The third kappa shape index (κ3) is 4.46. The highest BCUT2D eigenvalue weighted by Crippen LogP contribution is 2.16. The molecule has 0 aliphatic carbocycles. The zero-order valence-electron chi connectivity index (χ0n) is 15.1. The molecule has 0 aliphatic rings. The summed E-state index contributed by atoms with van der Waals surface area (Å²) in [6.45, 7) is 3.89. The van der Waals surface area contributed by atoms with Crippen molar-refractivity contribution in [1.82, 2.24) is 15.3 Å². The van der Waals surface area contributed by atoms with E-state index in [1.807, 2.05) is 38.1 Å². The van der Waals surface area contributed by atoms with Crippen molar-refractivity contribution in [3.63, 3.8) is 0 Å². The van der Waals surface area contributed by atoms with E-state index < -0.39 is 6.04 Å². The van der Waals surface area contributed by atoms with Gasteiger partial charge in [0.1, 0.15) is 6.04 Å². The third-order valence-electron chi connectivity index (χ3n) is 4.52. The highest BCUT2D eigenvalue weighted by molar-refractivity contribution is 6.30. The van der Waals surface area contributed by atoms with Crippen molar-refractivity contribution in [2.45, 2.75) is 26.3 Å². The highest BCUT2D eigenvalue weighted by atomic mass is 35.5. The highest BCUT2D eigenvalue weighted by Gasteiger charge is 2.27. The molecule has 0 spiro atoms. The molecule has 0 fully saturated rings. The maximum Gasteiger partial charge on any atom is 0.251 e. The van der Waals surface area contributed by atoms with Crippen LogP contribution in [0.3, 0.4) is 0 Å². The number of halogens is 1. The second kappa shape index (κ2) is 8.22. The number of imidazole rings is 1. The summed E-state index contributed by atoms with van der Waals surface area (Å²) in [6, 6.07) is 13.4. The van der Waals surface area contributed by atoms with Gasteiger partial charge in [-0.3, -0.25) is 14.9 Å². The fourth-order valence-electron chi connectivity index (χ4n) is 2.73. The molecule has 0 aliphatic heterocycles. The average molecular weight is 385 g/mol. The Morgan fingerprint density at radius 3 is 2.52 bits per heavy atom. The number of fused-ring (bicyclic) bond motifs is 1. The minimum atomic E-state index is -0.689. The molecular weight excluding hydrogens is 364 g/mol. The van der Waals surface area contributed by atoms with Gasteiger partial charge in [0.2, 0.25) is 11.9 Å². The van der Waals surface area contributed by atoms with Crippen LogP contribution in [0.2, 0.25) is 5.02 Å². The largest absolute Gasteiger partial charge is 0.340 e. The fourth-order valence-corrected chi connectivity index (χ4v) is 2.86. The van der Waals surface area contributed by atoms with Crippen LogP contribution in [0, 0.1) is 5.92 Å². The Balaban J connectivity index is 1.75. The molecule has 3 rings (SSSR count). The number of aromatic amines is 1. The monoisotopic (exact) mass is 384 g/mol. The van der Waals surface area contributed by atoms with Gasteiger partial charge < -0.3 is 10.3 Å². The van der Waals surface area contributed by atoms with Gasteiger partial charge in [0.25, 0.3) is 5.91 Å². The van der Waals surface area contributed by atoms with Gasteiger partial charge in [0, 0.05) is 10.6 Å². The van der Waals surface area contributed by atoms with Crippen LogP contribution in [0.5, 0.6) is 0 Å². The summed E-state index contributed by atoms with van der Waals surface area (Å²) in [4.78, 5) is 32.7. The first-order valence-corrected chi connectivity index (χ1v) is 9.17. The van der Waals surface area contributed by atoms with E-state index in [1.165, 1.54) is 0 Å². The summed E-state index contributed by atoms with van der Waals surface area (Å²) in [5.41, 5.74) is 2.04. The lowest BCUT2D eigenvalue weighted by molar-refractivity contribution is -0.119. The van der Waals surface area contributed by atoms with Gasteiger partial charge in [-0.1, -0.05) is 44.0 Å². The molecule has 3 aromatic rings. The smallest absolute Gasteiger partial charge is 0.251 e. The number of H-pyrrole nitrogens is 1. The van der Waals surface area contributed by atoms with Crippen LogP contribution in [-0.2, 0) is 4.79 Å². The number of amides is 2. The number of anilines is 1. The Morgan fingerprint density at radius 2 is 1.85 bits per heavy atom. The van der Waals surface area contributed by atoms with Crippen LogP contribution in [-0.4, -0.2) is 27.8 Å². The summed E-state index contributed by atoms with van der Waals surface area (Å²) in [5.74, 6) is -0.330. The maximum atomic E-state index is 12.8. The second-order valence-electron chi connectivity index (χ2n) is 6.44. The van der Waals surface area contributed by atoms with E-state index >= 15 is 0 Å². The van der Waals surface area contributed by atoms with Gasteiger partial charge in [-0.05, 0) is 42.3 Å². The SMILES string of the molecule is CC[C@H](C)[C@H](NC(=O)c1ccc(Cl)cc1)C(=O)Nc1nc2ccccc2[nH]1. The standard InChI is InChI=1S/C20H21ClN4O2/c1-3-12(2)17(24-18(26)13-8-10-14(21)11-9-13)19(27)25-20-22-15-6-4-5-7-16(15)23-20/h4-12,17H,3H2,1-2H3,(H,24,26)(H2,22,23,25,27)/t12-,17-/m0/s1. The number of rotatable bonds is 6. The Labute approximate surface area is 162 Å². The van der Waals surface area contributed by atoms with Crippen molar-refractivity contribution < 1.29 is 9.59 Å². The minimum absolute atomic E-state index is 0.0503. The van der Waals surface area contributed by atoms with Crippen LogP contribution in [0.4, 0.5) is 5.95 Å². The summed E-state index contributed by atoms with van der Waals surface area (Å²) in [5, 5.41) is 6.14. The molecule has 0 radical (unpaired) electrons. The zero-order valence-corrected chi connectivity index (χ0v) is 15.9. The number of carbonyl (C=O) groups excluding carboxylic acids is 2. The molecule has 27 heavy (non-hydrogen) atoms. The molecule has 2 amide bonds. The van der Waals surface area contributed by atoms with E-state index in [4.69, 9.17) is 11.6 Å². The Morgan fingerprint density at radius 1 is 1.15 bits per heavy atom. The van der Waals surface area contributed by atoms with Crippen LogP contribution >= 0.6 is 11.6 Å². The number of nitrogens with zero attached hydrogens (tertiary/aromatic N) is 1. The lowest BCUT2D eigenvalue weighted by Gasteiger charge is -2.23. The third-order valence-corrected chi connectivity index (χ3v) is 4.77. The van der Waals surface area contributed by atoms with Crippen LogP contribution < -0.4 is 10.6 Å². The van der Waals surface area contributed by atoms with Crippen molar-refractivity contribution >= 4 is 40.4 Å². The Hall–Kier alpha value is -2.86. The van der Waals surface area contributed by atoms with Crippen molar-refractivity contribution in [3.8, 4) is 0 Å². The lowest BCUT2D eigenvalue weighted by atomic mass is 9.98. The molecule has 2 aromatic carbocycles. The zero-order chi connectivity index (χ0) is 19.4. The molecular formula is C20H21ClN4O2. The van der Waals surface area contributed by atoms with E-state index in [-0.39, 0.29) is 17.7 Å². The van der Waals surface area contributed by atoms with Gasteiger partial charge in [-0.25, -0.2) is 4.98 Å².